The number of hydrogen-bond acceptors (Lipinski definition) is 4. The summed E-state index contributed by atoms with van der Waals surface area (Å²) in [5.74, 6) is 2.59. The molecule has 0 bridgehead atoms. The summed E-state index contributed by atoms with van der Waals surface area (Å²) in [6, 6.07) is 4.23. The van der Waals surface area contributed by atoms with Crippen LogP contribution in [0.1, 0.15) is 101 Å². The molecule has 2 unspecified atom stereocenters. The molecule has 0 aromatic carbocycles. The molecule has 0 spiro atoms. The molecule has 4 nitrogen and oxygen atoms in total. The molecular formula is C20H30N4. The summed E-state index contributed by atoms with van der Waals surface area (Å²) in [5.41, 5.74) is 3.35. The maximum atomic E-state index is 4.48. The monoisotopic (exact) mass is 326 g/mol. The second kappa shape index (κ2) is 8.32. The van der Waals surface area contributed by atoms with Crippen LogP contribution in [0.15, 0.2) is 24.5 Å². The van der Waals surface area contributed by atoms with E-state index in [9.17, 15) is 0 Å². The third-order valence-corrected chi connectivity index (χ3v) is 4.61. The minimum atomic E-state index is 0.377. The molecule has 0 fully saturated rings. The van der Waals surface area contributed by atoms with E-state index in [2.05, 4.69) is 73.8 Å². The van der Waals surface area contributed by atoms with Crippen molar-refractivity contribution in [3.05, 3.63) is 47.3 Å². The van der Waals surface area contributed by atoms with E-state index in [1.165, 1.54) is 5.56 Å². The molecule has 2 rings (SSSR count). The molecule has 2 aromatic rings. The normalized spacial score (nSPS) is 14.2. The van der Waals surface area contributed by atoms with Gasteiger partial charge in [0.1, 0.15) is 5.82 Å². The molecule has 0 saturated heterocycles. The predicted molar refractivity (Wildman–Crippen MR) is 98.3 cm³/mol. The number of aromatic nitrogens is 4. The third-order valence-electron chi connectivity index (χ3n) is 4.61. The maximum absolute atomic E-state index is 4.48. The van der Waals surface area contributed by atoms with E-state index in [0.29, 0.717) is 23.7 Å². The standard InChI is InChI=1S/C20H30N4/c1-13(2)18-9-10-19(24-23-18)16(6)8-7-15(5)17-11-21-20(14(3)4)22-12-17/h9-16H,7-8H2,1-6H3. The summed E-state index contributed by atoms with van der Waals surface area (Å²) < 4.78 is 0. The zero-order valence-electron chi connectivity index (χ0n) is 15.8. The van der Waals surface area contributed by atoms with Crippen LogP contribution in [0, 0.1) is 0 Å². The average molecular weight is 326 g/mol. The van der Waals surface area contributed by atoms with E-state index in [1.807, 2.05) is 12.4 Å². The number of rotatable bonds is 7. The summed E-state index contributed by atoms with van der Waals surface area (Å²) >= 11 is 0. The summed E-state index contributed by atoms with van der Waals surface area (Å²) in [7, 11) is 0. The van der Waals surface area contributed by atoms with Gasteiger partial charge in [-0.3, -0.25) is 0 Å². The first-order valence-electron chi connectivity index (χ1n) is 9.03. The molecule has 2 atom stereocenters. The molecule has 24 heavy (non-hydrogen) atoms. The lowest BCUT2D eigenvalue weighted by molar-refractivity contribution is 0.556. The average Bonchev–Trinajstić information content (AvgIpc) is 2.59. The Labute approximate surface area is 146 Å². The van der Waals surface area contributed by atoms with E-state index < -0.39 is 0 Å². The Balaban J connectivity index is 1.91. The molecule has 0 N–H and O–H groups in total. The van der Waals surface area contributed by atoms with E-state index >= 15 is 0 Å². The van der Waals surface area contributed by atoms with Gasteiger partial charge in [-0.2, -0.15) is 10.2 Å². The van der Waals surface area contributed by atoms with Crippen molar-refractivity contribution in [2.45, 2.75) is 78.1 Å². The van der Waals surface area contributed by atoms with E-state index in [0.717, 1.165) is 30.1 Å². The van der Waals surface area contributed by atoms with Gasteiger partial charge in [-0.1, -0.05) is 41.5 Å². The van der Waals surface area contributed by atoms with Gasteiger partial charge in [0, 0.05) is 24.2 Å². The first-order valence-corrected chi connectivity index (χ1v) is 9.03. The summed E-state index contributed by atoms with van der Waals surface area (Å²) in [6.07, 6.45) is 6.14. The Morgan fingerprint density at radius 2 is 1.25 bits per heavy atom. The summed E-state index contributed by atoms with van der Waals surface area (Å²) in [6.45, 7) is 13.0. The molecule has 2 aromatic heterocycles. The maximum Gasteiger partial charge on any atom is 0.130 e. The van der Waals surface area contributed by atoms with E-state index in [4.69, 9.17) is 0 Å². The van der Waals surface area contributed by atoms with Crippen LogP contribution in [-0.2, 0) is 0 Å². The highest BCUT2D eigenvalue weighted by atomic mass is 15.1. The molecule has 0 amide bonds. The lowest BCUT2D eigenvalue weighted by Gasteiger charge is -2.16. The third kappa shape index (κ3) is 4.83. The van der Waals surface area contributed by atoms with Gasteiger partial charge in [0.05, 0.1) is 11.4 Å². The fraction of sp³-hybridized carbons (Fsp3) is 0.600. The first kappa shape index (κ1) is 18.5. The zero-order valence-corrected chi connectivity index (χ0v) is 15.8. The largest absolute Gasteiger partial charge is 0.241 e. The van der Waals surface area contributed by atoms with Gasteiger partial charge in [-0.05, 0) is 42.4 Å². The van der Waals surface area contributed by atoms with Crippen LogP contribution in [-0.4, -0.2) is 20.2 Å². The van der Waals surface area contributed by atoms with Crippen LogP contribution < -0.4 is 0 Å². The highest BCUT2D eigenvalue weighted by Crippen LogP contribution is 2.26. The Morgan fingerprint density at radius 1 is 0.708 bits per heavy atom. The molecule has 0 saturated carbocycles. The molecule has 2 heterocycles. The smallest absolute Gasteiger partial charge is 0.130 e. The van der Waals surface area contributed by atoms with Gasteiger partial charge >= 0.3 is 0 Å². The number of nitrogens with zero attached hydrogens (tertiary/aromatic N) is 4. The topological polar surface area (TPSA) is 51.6 Å². The second-order valence-corrected chi connectivity index (χ2v) is 7.45. The van der Waals surface area contributed by atoms with Crippen molar-refractivity contribution in [3.63, 3.8) is 0 Å². The highest BCUT2D eigenvalue weighted by Gasteiger charge is 2.13. The van der Waals surface area contributed by atoms with Gasteiger partial charge in [0.15, 0.2) is 0 Å². The van der Waals surface area contributed by atoms with Crippen LogP contribution >= 0.6 is 0 Å². The predicted octanol–water partition coefficient (Wildman–Crippen LogP) is 5.20. The summed E-state index contributed by atoms with van der Waals surface area (Å²) in [4.78, 5) is 8.95. The zero-order chi connectivity index (χ0) is 17.7. The molecule has 0 aliphatic heterocycles. The first-order chi connectivity index (χ1) is 11.4. The van der Waals surface area contributed by atoms with Crippen molar-refractivity contribution < 1.29 is 0 Å². The van der Waals surface area contributed by atoms with Crippen molar-refractivity contribution in [1.29, 1.82) is 0 Å². The van der Waals surface area contributed by atoms with Crippen LogP contribution in [0.5, 0.6) is 0 Å². The highest BCUT2D eigenvalue weighted by molar-refractivity contribution is 5.14. The molecule has 0 radical (unpaired) electrons. The fourth-order valence-corrected chi connectivity index (χ4v) is 2.64. The second-order valence-electron chi connectivity index (χ2n) is 7.45. The lowest BCUT2D eigenvalue weighted by Crippen LogP contribution is -2.05. The van der Waals surface area contributed by atoms with Gasteiger partial charge < -0.3 is 0 Å². The van der Waals surface area contributed by atoms with Crippen molar-refractivity contribution in [2.75, 3.05) is 0 Å². The lowest BCUT2D eigenvalue weighted by atomic mass is 9.92. The van der Waals surface area contributed by atoms with Gasteiger partial charge in [0.2, 0.25) is 0 Å². The van der Waals surface area contributed by atoms with E-state index in [1.54, 1.807) is 0 Å². The van der Waals surface area contributed by atoms with Gasteiger partial charge in [0.25, 0.3) is 0 Å². The Morgan fingerprint density at radius 3 is 1.75 bits per heavy atom. The van der Waals surface area contributed by atoms with Crippen LogP contribution in [0.4, 0.5) is 0 Å². The van der Waals surface area contributed by atoms with Crippen LogP contribution in [0.25, 0.3) is 0 Å². The van der Waals surface area contributed by atoms with Crippen molar-refractivity contribution >= 4 is 0 Å². The van der Waals surface area contributed by atoms with E-state index in [-0.39, 0.29) is 0 Å². The van der Waals surface area contributed by atoms with Gasteiger partial charge in [-0.25, -0.2) is 9.97 Å². The quantitative estimate of drug-likeness (QED) is 0.701. The van der Waals surface area contributed by atoms with Crippen LogP contribution in [0.3, 0.4) is 0 Å². The van der Waals surface area contributed by atoms with Crippen molar-refractivity contribution in [3.8, 4) is 0 Å². The Bertz CT molecular complexity index is 560. The Kier molecular flexibility index (Phi) is 6.41. The SMILES string of the molecule is CC(C)c1ccc(C(C)CCC(C)c2cnc(C(C)C)nc2)nn1. The number of hydrogen-bond donors (Lipinski definition) is 0. The van der Waals surface area contributed by atoms with Crippen molar-refractivity contribution in [2.24, 2.45) is 0 Å². The molecule has 130 valence electrons. The molecule has 0 aliphatic carbocycles. The summed E-state index contributed by atoms with van der Waals surface area (Å²) in [5, 5.41) is 8.75. The molecular weight excluding hydrogens is 296 g/mol. The van der Waals surface area contributed by atoms with Crippen molar-refractivity contribution in [1.82, 2.24) is 20.2 Å². The molecule has 0 aliphatic rings. The molecule has 4 heteroatoms. The Hall–Kier alpha value is -1.84. The minimum Gasteiger partial charge on any atom is -0.241 e. The minimum absolute atomic E-state index is 0.377. The fourth-order valence-electron chi connectivity index (χ4n) is 2.64. The van der Waals surface area contributed by atoms with Gasteiger partial charge in [-0.15, -0.1) is 0 Å². The van der Waals surface area contributed by atoms with Crippen LogP contribution in [0.2, 0.25) is 0 Å².